The molecule has 0 spiro atoms. The fraction of sp³-hybridized carbons (Fsp3) is 0. The molecule has 3 aromatic rings. The number of hydrogen-bond acceptors (Lipinski definition) is 6. The van der Waals surface area contributed by atoms with Gasteiger partial charge in [-0.15, -0.1) is 0 Å². The Hall–Kier alpha value is -3.23. The topological polar surface area (TPSA) is 125 Å². The van der Waals surface area contributed by atoms with Crippen molar-refractivity contribution < 1.29 is 4.79 Å². The number of para-hydroxylation sites is 3. The Morgan fingerprint density at radius 1 is 1.16 bits per heavy atom. The number of amides is 1. The van der Waals surface area contributed by atoms with E-state index in [-0.39, 0.29) is 11.4 Å². The summed E-state index contributed by atoms with van der Waals surface area (Å²) in [5.74, 6) is 4.43. The summed E-state index contributed by atoms with van der Waals surface area (Å²) in [5.41, 5.74) is 5.11. The number of rotatable bonds is 4. The van der Waals surface area contributed by atoms with Gasteiger partial charge in [0.05, 0.1) is 21.7 Å². The maximum Gasteiger partial charge on any atom is 0.288 e. The summed E-state index contributed by atoms with van der Waals surface area (Å²) in [6, 6.07) is 13.8. The number of hydrazone groups is 1. The molecule has 0 aliphatic carbocycles. The molecule has 9 heteroatoms. The van der Waals surface area contributed by atoms with Crippen molar-refractivity contribution in [3.63, 3.8) is 0 Å². The number of hydrogen-bond donors (Lipinski definition) is 4. The number of aromatic amines is 1. The van der Waals surface area contributed by atoms with Crippen LogP contribution < -0.4 is 22.3 Å². The third-order valence-corrected chi connectivity index (χ3v) is 3.66. The van der Waals surface area contributed by atoms with E-state index in [1.165, 1.54) is 0 Å². The van der Waals surface area contributed by atoms with Crippen molar-refractivity contribution in [2.45, 2.75) is 0 Å². The van der Waals surface area contributed by atoms with Crippen molar-refractivity contribution in [3.8, 4) is 0 Å². The highest BCUT2D eigenvalue weighted by Gasteiger charge is 2.19. The van der Waals surface area contributed by atoms with Crippen LogP contribution in [0.3, 0.4) is 0 Å². The zero-order chi connectivity index (χ0) is 17.8. The first-order valence-corrected chi connectivity index (χ1v) is 7.56. The first-order chi connectivity index (χ1) is 12.1. The van der Waals surface area contributed by atoms with Gasteiger partial charge in [0.25, 0.3) is 11.5 Å². The van der Waals surface area contributed by atoms with Crippen molar-refractivity contribution in [1.29, 1.82) is 0 Å². The van der Waals surface area contributed by atoms with Gasteiger partial charge in [-0.3, -0.25) is 20.4 Å². The summed E-state index contributed by atoms with van der Waals surface area (Å²) in [5, 5.41) is 4.37. The molecular weight excluding hydrogens is 344 g/mol. The molecule has 0 saturated carbocycles. The lowest BCUT2D eigenvalue weighted by Gasteiger charge is -2.07. The first-order valence-electron chi connectivity index (χ1n) is 7.19. The van der Waals surface area contributed by atoms with E-state index < -0.39 is 11.5 Å². The van der Waals surface area contributed by atoms with Crippen LogP contribution in [0.5, 0.6) is 0 Å². The molecule has 0 fully saturated rings. The van der Waals surface area contributed by atoms with Crippen molar-refractivity contribution in [3.05, 3.63) is 69.6 Å². The minimum atomic E-state index is -0.771. The highest BCUT2D eigenvalue weighted by molar-refractivity contribution is 6.44. The normalized spacial score (nSPS) is 11.4. The largest absolute Gasteiger partial charge is 0.319 e. The van der Waals surface area contributed by atoms with Gasteiger partial charge >= 0.3 is 0 Å². The standard InChI is InChI=1S/C16H13ClN6O2/c17-9-5-1-2-6-10(9)22-23-14(16(25)21-18)13-15(24)20-12-8-4-3-7-11(12)19-13/h1-8,22H,18H2,(H,20,24)(H,21,25)/b23-14-. The van der Waals surface area contributed by atoms with E-state index in [2.05, 4.69) is 20.5 Å². The molecule has 2 aromatic carbocycles. The zero-order valence-corrected chi connectivity index (χ0v) is 13.5. The highest BCUT2D eigenvalue weighted by Crippen LogP contribution is 2.20. The molecule has 25 heavy (non-hydrogen) atoms. The molecule has 3 rings (SSSR count). The van der Waals surface area contributed by atoms with Gasteiger partial charge in [-0.25, -0.2) is 10.8 Å². The number of halogens is 1. The Morgan fingerprint density at radius 3 is 2.64 bits per heavy atom. The number of carbonyl (C=O) groups is 1. The second-order valence-electron chi connectivity index (χ2n) is 4.96. The minimum Gasteiger partial charge on any atom is -0.319 e. The summed E-state index contributed by atoms with van der Waals surface area (Å²) < 4.78 is 0. The highest BCUT2D eigenvalue weighted by atomic mass is 35.5. The van der Waals surface area contributed by atoms with E-state index in [4.69, 9.17) is 17.4 Å². The van der Waals surface area contributed by atoms with Gasteiger partial charge in [0.15, 0.2) is 11.4 Å². The van der Waals surface area contributed by atoms with Crippen LogP contribution in [0.15, 0.2) is 58.4 Å². The summed E-state index contributed by atoms with van der Waals surface area (Å²) in [6.07, 6.45) is 0. The molecule has 0 atom stereocenters. The maximum absolute atomic E-state index is 12.3. The second-order valence-corrected chi connectivity index (χ2v) is 5.36. The number of nitrogens with one attached hydrogen (secondary N) is 3. The molecule has 0 bridgehead atoms. The Bertz CT molecular complexity index is 1030. The quantitative estimate of drug-likeness (QED) is 0.243. The van der Waals surface area contributed by atoms with E-state index in [1.54, 1.807) is 48.5 Å². The third kappa shape index (κ3) is 3.49. The van der Waals surface area contributed by atoms with Crippen LogP contribution in [0.25, 0.3) is 11.0 Å². The number of anilines is 1. The molecule has 8 nitrogen and oxygen atoms in total. The summed E-state index contributed by atoms with van der Waals surface area (Å²) >= 11 is 6.04. The summed E-state index contributed by atoms with van der Waals surface area (Å²) in [7, 11) is 0. The predicted octanol–water partition coefficient (Wildman–Crippen LogP) is 1.38. The van der Waals surface area contributed by atoms with Crippen LogP contribution in [-0.4, -0.2) is 21.6 Å². The van der Waals surface area contributed by atoms with Crippen LogP contribution in [0.2, 0.25) is 5.02 Å². The molecule has 0 radical (unpaired) electrons. The summed E-state index contributed by atoms with van der Waals surface area (Å²) in [6.45, 7) is 0. The zero-order valence-electron chi connectivity index (χ0n) is 12.8. The van der Waals surface area contributed by atoms with Gasteiger partial charge in [0.1, 0.15) is 0 Å². The number of nitrogens with two attached hydrogens (primary N) is 1. The lowest BCUT2D eigenvalue weighted by Crippen LogP contribution is -2.40. The van der Waals surface area contributed by atoms with Crippen LogP contribution in [0, 0.1) is 0 Å². The van der Waals surface area contributed by atoms with E-state index in [1.807, 2.05) is 5.43 Å². The lowest BCUT2D eigenvalue weighted by molar-refractivity contribution is -0.114. The molecule has 5 N–H and O–H groups in total. The second kappa shape index (κ2) is 7.12. The van der Waals surface area contributed by atoms with E-state index in [9.17, 15) is 9.59 Å². The monoisotopic (exact) mass is 356 g/mol. The lowest BCUT2D eigenvalue weighted by atomic mass is 10.2. The van der Waals surface area contributed by atoms with E-state index in [0.29, 0.717) is 21.7 Å². The van der Waals surface area contributed by atoms with E-state index >= 15 is 0 Å². The Morgan fingerprint density at radius 2 is 1.88 bits per heavy atom. The number of nitrogens with zero attached hydrogens (tertiary/aromatic N) is 2. The van der Waals surface area contributed by atoms with Crippen molar-refractivity contribution in [1.82, 2.24) is 15.4 Å². The van der Waals surface area contributed by atoms with Gasteiger partial charge in [-0.2, -0.15) is 5.10 Å². The smallest absolute Gasteiger partial charge is 0.288 e. The maximum atomic E-state index is 12.3. The van der Waals surface area contributed by atoms with Crippen molar-refractivity contribution in [2.75, 3.05) is 5.43 Å². The van der Waals surface area contributed by atoms with E-state index in [0.717, 1.165) is 0 Å². The van der Waals surface area contributed by atoms with Gasteiger partial charge in [0.2, 0.25) is 0 Å². The summed E-state index contributed by atoms with van der Waals surface area (Å²) in [4.78, 5) is 31.2. The fourth-order valence-electron chi connectivity index (χ4n) is 2.14. The van der Waals surface area contributed by atoms with Gasteiger partial charge in [-0.05, 0) is 24.3 Å². The predicted molar refractivity (Wildman–Crippen MR) is 96.3 cm³/mol. The number of benzene rings is 2. The molecule has 1 amide bonds. The number of fused-ring (bicyclic) bond motifs is 1. The van der Waals surface area contributed by atoms with Crippen molar-refractivity contribution >= 4 is 39.9 Å². The number of carbonyl (C=O) groups excluding carboxylic acids is 1. The fourth-order valence-corrected chi connectivity index (χ4v) is 2.32. The Balaban J connectivity index is 2.09. The molecule has 0 unspecified atom stereocenters. The third-order valence-electron chi connectivity index (χ3n) is 3.33. The molecule has 1 heterocycles. The minimum absolute atomic E-state index is 0.166. The molecule has 126 valence electrons. The van der Waals surface area contributed by atoms with Gasteiger partial charge in [0, 0.05) is 0 Å². The van der Waals surface area contributed by atoms with Gasteiger partial charge in [-0.1, -0.05) is 35.9 Å². The number of hydrazine groups is 1. The molecule has 0 aliphatic heterocycles. The van der Waals surface area contributed by atoms with Crippen molar-refractivity contribution in [2.24, 2.45) is 10.9 Å². The molecular formula is C16H13ClN6O2. The Kier molecular flexibility index (Phi) is 4.73. The SMILES string of the molecule is NNC(=O)/C(=N\Nc1ccccc1Cl)c1nc2ccccc2[nH]c1=O. The first kappa shape index (κ1) is 16.6. The average Bonchev–Trinajstić information content (AvgIpc) is 2.63. The molecule has 0 aliphatic rings. The number of H-pyrrole nitrogens is 1. The molecule has 0 saturated heterocycles. The van der Waals surface area contributed by atoms with Crippen LogP contribution in [0.1, 0.15) is 5.69 Å². The number of aromatic nitrogens is 2. The van der Waals surface area contributed by atoms with Crippen LogP contribution in [0.4, 0.5) is 5.69 Å². The average molecular weight is 357 g/mol. The van der Waals surface area contributed by atoms with Crippen LogP contribution in [-0.2, 0) is 4.79 Å². The Labute approximate surface area is 146 Å². The van der Waals surface area contributed by atoms with Crippen LogP contribution >= 0.6 is 11.6 Å². The molecule has 1 aromatic heterocycles. The van der Waals surface area contributed by atoms with Gasteiger partial charge < -0.3 is 4.98 Å².